The van der Waals surface area contributed by atoms with Crippen LogP contribution in [0.15, 0.2) is 54.9 Å². The van der Waals surface area contributed by atoms with Crippen LogP contribution in [0.25, 0.3) is 0 Å². The standard InChI is InChI=1S/C28H34N2O2/c1-3-18-32-26-15-14-25(23-12-8-9-13-24(23)26)28(31)22(4-2)20-30-17-16-29-27(30)19-21-10-6-5-7-11-21/h5-7,10-11,14-17,22H,3-4,8-9,12-13,18-20H2,1-2H3. The van der Waals surface area contributed by atoms with Gasteiger partial charge in [-0.1, -0.05) is 44.2 Å². The lowest BCUT2D eigenvalue weighted by atomic mass is 9.83. The first-order chi connectivity index (χ1) is 15.7. The molecule has 0 saturated heterocycles. The minimum absolute atomic E-state index is 0.0628. The highest BCUT2D eigenvalue weighted by Crippen LogP contribution is 2.34. The van der Waals surface area contributed by atoms with Crippen LogP contribution in [0.3, 0.4) is 0 Å². The normalized spacial score (nSPS) is 14.1. The fraction of sp³-hybridized carbons (Fsp3) is 0.429. The van der Waals surface area contributed by atoms with Gasteiger partial charge in [-0.05, 0) is 67.3 Å². The fourth-order valence-electron chi connectivity index (χ4n) is 4.72. The number of rotatable bonds is 10. The molecule has 1 atom stereocenters. The van der Waals surface area contributed by atoms with E-state index in [0.29, 0.717) is 6.54 Å². The summed E-state index contributed by atoms with van der Waals surface area (Å²) in [4.78, 5) is 18.3. The number of hydrogen-bond acceptors (Lipinski definition) is 3. The Hall–Kier alpha value is -2.88. The van der Waals surface area contributed by atoms with E-state index in [4.69, 9.17) is 4.74 Å². The molecule has 4 rings (SSSR count). The lowest BCUT2D eigenvalue weighted by molar-refractivity contribution is 0.0901. The highest BCUT2D eigenvalue weighted by molar-refractivity contribution is 5.99. The number of carbonyl (C=O) groups is 1. The molecule has 32 heavy (non-hydrogen) atoms. The molecule has 4 heteroatoms. The lowest BCUT2D eigenvalue weighted by Gasteiger charge is -2.24. The van der Waals surface area contributed by atoms with Crippen molar-refractivity contribution in [1.29, 1.82) is 0 Å². The number of nitrogens with zero attached hydrogens (tertiary/aromatic N) is 2. The molecule has 0 radical (unpaired) electrons. The third-order valence-electron chi connectivity index (χ3n) is 6.51. The molecule has 0 fully saturated rings. The van der Waals surface area contributed by atoms with Crippen LogP contribution < -0.4 is 4.74 Å². The summed E-state index contributed by atoms with van der Waals surface area (Å²) < 4.78 is 8.17. The van der Waals surface area contributed by atoms with Crippen LogP contribution in [0.4, 0.5) is 0 Å². The summed E-state index contributed by atoms with van der Waals surface area (Å²) in [6.45, 7) is 5.63. The molecule has 0 bridgehead atoms. The van der Waals surface area contributed by atoms with Crippen LogP contribution in [0.2, 0.25) is 0 Å². The minimum Gasteiger partial charge on any atom is -0.493 e. The van der Waals surface area contributed by atoms with Crippen molar-refractivity contribution in [3.8, 4) is 5.75 Å². The molecule has 0 aliphatic heterocycles. The second-order valence-electron chi connectivity index (χ2n) is 8.75. The van der Waals surface area contributed by atoms with E-state index < -0.39 is 0 Å². The predicted molar refractivity (Wildman–Crippen MR) is 128 cm³/mol. The smallest absolute Gasteiger partial charge is 0.168 e. The largest absolute Gasteiger partial charge is 0.493 e. The molecule has 0 N–H and O–H groups in total. The third-order valence-corrected chi connectivity index (χ3v) is 6.51. The van der Waals surface area contributed by atoms with Crippen LogP contribution in [0, 0.1) is 5.92 Å². The molecule has 0 amide bonds. The first-order valence-electron chi connectivity index (χ1n) is 12.1. The third kappa shape index (κ3) is 4.95. The van der Waals surface area contributed by atoms with Gasteiger partial charge in [0.25, 0.3) is 0 Å². The molecular formula is C28H34N2O2. The zero-order chi connectivity index (χ0) is 22.3. The Kier molecular flexibility index (Phi) is 7.41. The fourth-order valence-corrected chi connectivity index (χ4v) is 4.72. The Bertz CT molecular complexity index is 1040. The number of Topliss-reactive ketones (excluding diaryl/α,β-unsaturated/α-hetero) is 1. The van der Waals surface area contributed by atoms with Gasteiger partial charge in [0, 0.05) is 36.8 Å². The number of carbonyl (C=O) groups excluding carboxylic acids is 1. The first-order valence-corrected chi connectivity index (χ1v) is 12.1. The molecule has 1 aromatic heterocycles. The van der Waals surface area contributed by atoms with Gasteiger partial charge in [0.1, 0.15) is 11.6 Å². The highest BCUT2D eigenvalue weighted by atomic mass is 16.5. The summed E-state index contributed by atoms with van der Waals surface area (Å²) >= 11 is 0. The van der Waals surface area contributed by atoms with Gasteiger partial charge < -0.3 is 9.30 Å². The zero-order valence-electron chi connectivity index (χ0n) is 19.3. The van der Waals surface area contributed by atoms with Crippen molar-refractivity contribution < 1.29 is 9.53 Å². The van der Waals surface area contributed by atoms with Gasteiger partial charge in [0.15, 0.2) is 5.78 Å². The summed E-state index contributed by atoms with van der Waals surface area (Å²) in [7, 11) is 0. The van der Waals surface area contributed by atoms with Gasteiger partial charge in [0.05, 0.1) is 6.61 Å². The minimum atomic E-state index is -0.0628. The van der Waals surface area contributed by atoms with Gasteiger partial charge in [-0.2, -0.15) is 0 Å². The van der Waals surface area contributed by atoms with E-state index in [2.05, 4.69) is 47.7 Å². The molecule has 0 spiro atoms. The number of ether oxygens (including phenoxy) is 1. The summed E-state index contributed by atoms with van der Waals surface area (Å²) in [6.07, 6.45) is 10.7. The van der Waals surface area contributed by atoms with Crippen LogP contribution in [-0.2, 0) is 25.8 Å². The van der Waals surface area contributed by atoms with Crippen LogP contribution in [0.5, 0.6) is 5.75 Å². The van der Waals surface area contributed by atoms with Crippen LogP contribution >= 0.6 is 0 Å². The molecule has 1 unspecified atom stereocenters. The summed E-state index contributed by atoms with van der Waals surface area (Å²) in [5, 5.41) is 0. The zero-order valence-corrected chi connectivity index (χ0v) is 19.3. The number of hydrogen-bond donors (Lipinski definition) is 0. The highest BCUT2D eigenvalue weighted by Gasteiger charge is 2.26. The van der Waals surface area contributed by atoms with Crippen molar-refractivity contribution in [3.63, 3.8) is 0 Å². The Morgan fingerprint density at radius 3 is 2.59 bits per heavy atom. The van der Waals surface area contributed by atoms with Gasteiger partial charge in [-0.15, -0.1) is 0 Å². The summed E-state index contributed by atoms with van der Waals surface area (Å²) in [6, 6.07) is 14.4. The van der Waals surface area contributed by atoms with Crippen molar-refractivity contribution in [3.05, 3.63) is 82.9 Å². The maximum absolute atomic E-state index is 13.7. The van der Waals surface area contributed by atoms with Gasteiger partial charge in [-0.25, -0.2) is 4.98 Å². The van der Waals surface area contributed by atoms with E-state index >= 15 is 0 Å². The van der Waals surface area contributed by atoms with Crippen molar-refractivity contribution in [2.75, 3.05) is 6.61 Å². The van der Waals surface area contributed by atoms with E-state index in [1.165, 1.54) is 23.1 Å². The second-order valence-corrected chi connectivity index (χ2v) is 8.75. The number of ketones is 1. The number of benzene rings is 2. The topological polar surface area (TPSA) is 44.1 Å². The lowest BCUT2D eigenvalue weighted by Crippen LogP contribution is -2.23. The molecule has 4 nitrogen and oxygen atoms in total. The van der Waals surface area contributed by atoms with E-state index in [0.717, 1.165) is 62.3 Å². The van der Waals surface area contributed by atoms with Crippen molar-refractivity contribution in [2.24, 2.45) is 5.92 Å². The van der Waals surface area contributed by atoms with Crippen LogP contribution in [-0.4, -0.2) is 21.9 Å². The number of fused-ring (bicyclic) bond motifs is 1. The SMILES string of the molecule is CCCOc1ccc(C(=O)C(CC)Cn2ccnc2Cc2ccccc2)c2c1CCCC2. The van der Waals surface area contributed by atoms with E-state index in [1.54, 1.807) is 0 Å². The molecule has 1 heterocycles. The number of imidazole rings is 1. The van der Waals surface area contributed by atoms with E-state index in [1.807, 2.05) is 30.6 Å². The molecule has 1 aliphatic carbocycles. The van der Waals surface area contributed by atoms with Crippen molar-refractivity contribution in [2.45, 2.75) is 65.3 Å². The average molecular weight is 431 g/mol. The molecule has 2 aromatic carbocycles. The molecule has 1 aliphatic rings. The summed E-state index contributed by atoms with van der Waals surface area (Å²) in [5.41, 5.74) is 4.62. The van der Waals surface area contributed by atoms with Crippen molar-refractivity contribution >= 4 is 5.78 Å². The Labute approximate surface area is 191 Å². The van der Waals surface area contributed by atoms with E-state index in [-0.39, 0.29) is 11.7 Å². The predicted octanol–water partition coefficient (Wildman–Crippen LogP) is 6.05. The molecular weight excluding hydrogens is 396 g/mol. The molecule has 3 aromatic rings. The van der Waals surface area contributed by atoms with Gasteiger partial charge in [0.2, 0.25) is 0 Å². The number of aromatic nitrogens is 2. The maximum Gasteiger partial charge on any atom is 0.168 e. The molecule has 0 saturated carbocycles. The van der Waals surface area contributed by atoms with Gasteiger partial charge in [-0.3, -0.25) is 4.79 Å². The maximum atomic E-state index is 13.7. The average Bonchev–Trinajstić information content (AvgIpc) is 3.27. The quantitative estimate of drug-likeness (QED) is 0.368. The first kappa shape index (κ1) is 22.3. The van der Waals surface area contributed by atoms with E-state index in [9.17, 15) is 4.79 Å². The Morgan fingerprint density at radius 1 is 1.06 bits per heavy atom. The van der Waals surface area contributed by atoms with Gasteiger partial charge >= 0.3 is 0 Å². The Morgan fingerprint density at radius 2 is 1.84 bits per heavy atom. The Balaban J connectivity index is 1.56. The summed E-state index contributed by atoms with van der Waals surface area (Å²) in [5.74, 6) is 2.18. The van der Waals surface area contributed by atoms with Crippen molar-refractivity contribution in [1.82, 2.24) is 9.55 Å². The second kappa shape index (κ2) is 10.6. The monoisotopic (exact) mass is 430 g/mol. The van der Waals surface area contributed by atoms with Crippen LogP contribution in [0.1, 0.15) is 72.4 Å². The molecule has 168 valence electrons.